The number of hydrogen-bond acceptors (Lipinski definition) is 8. The van der Waals surface area contributed by atoms with Crippen molar-refractivity contribution in [3.8, 4) is 0 Å². The molecule has 2 aromatic heterocycles. The number of thiazole rings is 1. The van der Waals surface area contributed by atoms with Gasteiger partial charge in [-0.25, -0.2) is 14.8 Å². The zero-order valence-electron chi connectivity index (χ0n) is 21.3. The van der Waals surface area contributed by atoms with Crippen molar-refractivity contribution in [2.75, 3.05) is 43.4 Å². The second kappa shape index (κ2) is 13.3. The van der Waals surface area contributed by atoms with Crippen molar-refractivity contribution in [3.05, 3.63) is 47.7 Å². The number of para-hydroxylation sites is 1. The molecule has 0 saturated heterocycles. The maximum Gasteiger partial charge on any atom is 0.326 e. The maximum atomic E-state index is 12.0. The second-order valence-electron chi connectivity index (χ2n) is 9.43. The smallest absolute Gasteiger partial charge is 0.326 e. The first-order valence-electron chi connectivity index (χ1n) is 13.0. The van der Waals surface area contributed by atoms with Crippen molar-refractivity contribution in [2.45, 2.75) is 51.5 Å². The summed E-state index contributed by atoms with van der Waals surface area (Å²) in [6.45, 7) is 5.14. The molecule has 1 unspecified atom stereocenters. The van der Waals surface area contributed by atoms with E-state index in [1.165, 1.54) is 23.8 Å². The summed E-state index contributed by atoms with van der Waals surface area (Å²) in [5.41, 5.74) is 3.26. The first-order chi connectivity index (χ1) is 18.0. The number of fused-ring (bicyclic) bond motifs is 2. The number of carbonyl (C=O) groups excluding carboxylic acids is 1. The van der Waals surface area contributed by atoms with Crippen LogP contribution in [0.25, 0.3) is 10.2 Å². The van der Waals surface area contributed by atoms with Gasteiger partial charge in [0, 0.05) is 38.8 Å². The number of rotatable bonds is 14. The van der Waals surface area contributed by atoms with Crippen LogP contribution in [0.3, 0.4) is 0 Å². The second-order valence-corrected chi connectivity index (χ2v) is 10.5. The number of amides is 1. The molecule has 198 valence electrons. The van der Waals surface area contributed by atoms with Gasteiger partial charge in [-0.15, -0.1) is 0 Å². The Morgan fingerprint density at radius 3 is 2.81 bits per heavy atom. The third kappa shape index (κ3) is 8.13. The number of aryl methyl sites for hydroxylation is 2. The minimum absolute atomic E-state index is 0.0621. The lowest BCUT2D eigenvalue weighted by Crippen LogP contribution is -2.39. The van der Waals surface area contributed by atoms with Crippen LogP contribution in [0.1, 0.15) is 43.9 Å². The van der Waals surface area contributed by atoms with Gasteiger partial charge in [0.05, 0.1) is 10.2 Å². The third-order valence-corrected chi connectivity index (χ3v) is 7.50. The van der Waals surface area contributed by atoms with Crippen LogP contribution in [0.15, 0.2) is 36.4 Å². The Hall–Kier alpha value is -3.24. The Labute approximate surface area is 221 Å². The molecule has 0 spiro atoms. The van der Waals surface area contributed by atoms with Crippen LogP contribution in [-0.2, 0) is 22.4 Å². The highest BCUT2D eigenvalue weighted by atomic mass is 32.1. The molecule has 1 aliphatic heterocycles. The van der Waals surface area contributed by atoms with Crippen LogP contribution in [-0.4, -0.2) is 70.6 Å². The molecular formula is C27H36N6O3S. The number of nitrogens with zero attached hydrogens (tertiary/aromatic N) is 3. The largest absolute Gasteiger partial charge is 0.480 e. The van der Waals surface area contributed by atoms with E-state index in [2.05, 4.69) is 38.0 Å². The van der Waals surface area contributed by atoms with E-state index in [4.69, 9.17) is 4.98 Å². The number of pyridine rings is 1. The zero-order valence-corrected chi connectivity index (χ0v) is 22.1. The number of carboxylic acids is 1. The Bertz CT molecular complexity index is 1170. The fourth-order valence-electron chi connectivity index (χ4n) is 4.53. The minimum Gasteiger partial charge on any atom is -0.480 e. The molecule has 37 heavy (non-hydrogen) atoms. The van der Waals surface area contributed by atoms with Crippen LogP contribution in [0.5, 0.6) is 0 Å². The predicted molar refractivity (Wildman–Crippen MR) is 148 cm³/mol. The zero-order chi connectivity index (χ0) is 26.0. The first kappa shape index (κ1) is 26.8. The van der Waals surface area contributed by atoms with E-state index in [9.17, 15) is 14.7 Å². The summed E-state index contributed by atoms with van der Waals surface area (Å²) >= 11 is 1.46. The Morgan fingerprint density at radius 2 is 2.00 bits per heavy atom. The molecule has 9 nitrogen and oxygen atoms in total. The molecule has 0 aliphatic carbocycles. The number of carbonyl (C=O) groups is 2. The Balaban J connectivity index is 1.28. The standard InChI is InChI=1S/C27H36N6O3S/c1-19(34)28-15-18-33(16-5-4-8-21-12-11-20-7-6-14-29-25(20)30-21)17-13-23(26(35)36)32-27-31-22-9-2-3-10-24(22)37-27/h2-3,9-12,23H,4-8,13-18H2,1H3,(H,28,34)(H,29,30)(H,31,32)(H,35,36). The summed E-state index contributed by atoms with van der Waals surface area (Å²) in [5, 5.41) is 19.8. The number of anilines is 2. The topological polar surface area (TPSA) is 119 Å². The Morgan fingerprint density at radius 1 is 1.14 bits per heavy atom. The molecule has 3 aromatic rings. The van der Waals surface area contributed by atoms with Crippen molar-refractivity contribution in [1.29, 1.82) is 0 Å². The van der Waals surface area contributed by atoms with Gasteiger partial charge in [0.1, 0.15) is 11.9 Å². The van der Waals surface area contributed by atoms with Crippen molar-refractivity contribution in [2.24, 2.45) is 0 Å². The number of hydrogen-bond donors (Lipinski definition) is 4. The van der Waals surface area contributed by atoms with E-state index in [1.54, 1.807) is 0 Å². The Kier molecular flexibility index (Phi) is 9.67. The molecule has 10 heteroatoms. The van der Waals surface area contributed by atoms with Gasteiger partial charge in [-0.1, -0.05) is 29.5 Å². The van der Waals surface area contributed by atoms with Gasteiger partial charge in [0.15, 0.2) is 5.13 Å². The van der Waals surface area contributed by atoms with E-state index in [0.29, 0.717) is 31.2 Å². The number of benzene rings is 1. The number of carboxylic acid groups (broad SMARTS) is 1. The molecule has 1 amide bonds. The van der Waals surface area contributed by atoms with Crippen molar-refractivity contribution >= 4 is 44.4 Å². The summed E-state index contributed by atoms with van der Waals surface area (Å²) in [5.74, 6) is 0.0714. The molecule has 0 saturated carbocycles. The van der Waals surface area contributed by atoms with Gasteiger partial charge in [-0.05, 0) is 68.8 Å². The van der Waals surface area contributed by atoms with Crippen molar-refractivity contribution < 1.29 is 14.7 Å². The van der Waals surface area contributed by atoms with Gasteiger partial charge >= 0.3 is 5.97 Å². The summed E-state index contributed by atoms with van der Waals surface area (Å²) in [7, 11) is 0. The normalized spacial score (nSPS) is 13.7. The molecule has 1 aliphatic rings. The van der Waals surface area contributed by atoms with Crippen molar-refractivity contribution in [1.82, 2.24) is 20.2 Å². The van der Waals surface area contributed by atoms with Crippen LogP contribution < -0.4 is 16.0 Å². The summed E-state index contributed by atoms with van der Waals surface area (Å²) in [4.78, 5) is 34.9. The van der Waals surface area contributed by atoms with Gasteiger partial charge in [-0.2, -0.15) is 0 Å². The van der Waals surface area contributed by atoms with Crippen LogP contribution >= 0.6 is 11.3 Å². The fraction of sp³-hybridized carbons (Fsp3) is 0.481. The molecule has 3 heterocycles. The van der Waals surface area contributed by atoms with Crippen molar-refractivity contribution in [3.63, 3.8) is 0 Å². The predicted octanol–water partition coefficient (Wildman–Crippen LogP) is 3.77. The number of unbranched alkanes of at least 4 members (excludes halogenated alkanes) is 1. The monoisotopic (exact) mass is 524 g/mol. The van der Waals surface area contributed by atoms with Gasteiger partial charge in [0.2, 0.25) is 5.91 Å². The molecule has 4 N–H and O–H groups in total. The summed E-state index contributed by atoms with van der Waals surface area (Å²) in [6, 6.07) is 11.4. The highest BCUT2D eigenvalue weighted by molar-refractivity contribution is 7.22. The maximum absolute atomic E-state index is 12.0. The molecule has 1 atom stereocenters. The van der Waals surface area contributed by atoms with E-state index < -0.39 is 12.0 Å². The highest BCUT2D eigenvalue weighted by Gasteiger charge is 2.20. The van der Waals surface area contributed by atoms with E-state index in [-0.39, 0.29) is 5.91 Å². The van der Waals surface area contributed by atoms with Crippen LogP contribution in [0.4, 0.5) is 10.9 Å². The average molecular weight is 525 g/mol. The number of nitrogens with one attached hydrogen (secondary N) is 3. The molecule has 0 bridgehead atoms. The van der Waals surface area contributed by atoms with Gasteiger partial charge < -0.3 is 26.0 Å². The van der Waals surface area contributed by atoms with Crippen LogP contribution in [0, 0.1) is 0 Å². The average Bonchev–Trinajstić information content (AvgIpc) is 3.30. The SMILES string of the molecule is CC(=O)NCCN(CCCCc1ccc2c(n1)NCCC2)CCC(Nc1nc2ccccc2s1)C(=O)O. The third-order valence-electron chi connectivity index (χ3n) is 6.53. The fourth-order valence-corrected chi connectivity index (χ4v) is 5.45. The van der Waals surface area contributed by atoms with E-state index in [1.807, 2.05) is 24.3 Å². The summed E-state index contributed by atoms with van der Waals surface area (Å²) < 4.78 is 1.02. The molecule has 1 aromatic carbocycles. The number of aromatic nitrogens is 2. The number of aliphatic carboxylic acids is 1. The lowest BCUT2D eigenvalue weighted by Gasteiger charge is -2.24. The lowest BCUT2D eigenvalue weighted by molar-refractivity contribution is -0.138. The van der Waals surface area contributed by atoms with Crippen LogP contribution in [0.2, 0.25) is 0 Å². The highest BCUT2D eigenvalue weighted by Crippen LogP contribution is 2.26. The lowest BCUT2D eigenvalue weighted by atomic mass is 10.1. The van der Waals surface area contributed by atoms with Gasteiger partial charge in [0.25, 0.3) is 0 Å². The summed E-state index contributed by atoms with van der Waals surface area (Å²) in [6.07, 6.45) is 5.55. The first-order valence-corrected chi connectivity index (χ1v) is 13.8. The molecule has 4 rings (SSSR count). The molecular weight excluding hydrogens is 488 g/mol. The molecule has 0 radical (unpaired) electrons. The van der Waals surface area contributed by atoms with E-state index >= 15 is 0 Å². The van der Waals surface area contributed by atoms with E-state index in [0.717, 1.165) is 66.9 Å². The molecule has 0 fully saturated rings. The minimum atomic E-state index is -0.895. The van der Waals surface area contributed by atoms with Gasteiger partial charge in [-0.3, -0.25) is 4.79 Å². The quantitative estimate of drug-likeness (QED) is 0.235.